The number of rotatable bonds is 6. The van der Waals surface area contributed by atoms with Gasteiger partial charge in [-0.1, -0.05) is 39.8 Å². The van der Waals surface area contributed by atoms with Gasteiger partial charge in [-0.3, -0.25) is 9.59 Å². The first-order valence-electron chi connectivity index (χ1n) is 8.66. The first-order chi connectivity index (χ1) is 11.9. The van der Waals surface area contributed by atoms with Crippen LogP contribution in [0.2, 0.25) is 0 Å². The highest BCUT2D eigenvalue weighted by Crippen LogP contribution is 2.17. The van der Waals surface area contributed by atoms with Crippen LogP contribution < -0.4 is 10.6 Å². The Labute approximate surface area is 149 Å². The van der Waals surface area contributed by atoms with E-state index in [9.17, 15) is 9.59 Å². The van der Waals surface area contributed by atoms with E-state index in [2.05, 4.69) is 24.5 Å². The van der Waals surface area contributed by atoms with Crippen molar-refractivity contribution in [2.75, 3.05) is 11.9 Å². The summed E-state index contributed by atoms with van der Waals surface area (Å²) in [5.74, 6) is 0.548. The molecule has 0 atom stereocenters. The molecule has 2 rings (SSSR count). The molecule has 2 aromatic rings. The lowest BCUT2D eigenvalue weighted by molar-refractivity contribution is 0.0947. The second-order valence-corrected chi connectivity index (χ2v) is 6.91. The number of nitrogens with one attached hydrogen (secondary N) is 2. The minimum atomic E-state index is -0.188. The van der Waals surface area contributed by atoms with Gasteiger partial charge in [-0.15, -0.1) is 0 Å². The van der Waals surface area contributed by atoms with Crippen LogP contribution in [0, 0.1) is 5.92 Å². The van der Waals surface area contributed by atoms with Gasteiger partial charge < -0.3 is 10.6 Å². The smallest absolute Gasteiger partial charge is 0.255 e. The maximum absolute atomic E-state index is 12.3. The van der Waals surface area contributed by atoms with Gasteiger partial charge in [0.25, 0.3) is 11.8 Å². The van der Waals surface area contributed by atoms with E-state index in [1.807, 2.05) is 38.1 Å². The van der Waals surface area contributed by atoms with Crippen molar-refractivity contribution in [3.63, 3.8) is 0 Å². The summed E-state index contributed by atoms with van der Waals surface area (Å²) in [6.45, 7) is 8.98. The number of amides is 2. The molecule has 0 radical (unpaired) electrons. The van der Waals surface area contributed by atoms with Gasteiger partial charge in [-0.25, -0.2) is 0 Å². The fraction of sp³-hybridized carbons (Fsp3) is 0.333. The standard InChI is InChI=1S/C21H26N2O2/c1-14(2)13-22-20(24)17-5-7-18(8-6-17)21(25)23-19-11-9-16(10-12-19)15(3)4/h5-12,14-15H,13H2,1-4H3,(H,22,24)(H,23,25). The van der Waals surface area contributed by atoms with Crippen LogP contribution >= 0.6 is 0 Å². The Bertz CT molecular complexity index is 717. The van der Waals surface area contributed by atoms with E-state index in [4.69, 9.17) is 0 Å². The fourth-order valence-corrected chi connectivity index (χ4v) is 2.33. The van der Waals surface area contributed by atoms with Gasteiger partial charge in [0.2, 0.25) is 0 Å². The Hall–Kier alpha value is -2.62. The van der Waals surface area contributed by atoms with Gasteiger partial charge >= 0.3 is 0 Å². The number of hydrogen-bond acceptors (Lipinski definition) is 2. The van der Waals surface area contributed by atoms with Crippen molar-refractivity contribution in [2.45, 2.75) is 33.6 Å². The molecular weight excluding hydrogens is 312 g/mol. The molecule has 4 heteroatoms. The van der Waals surface area contributed by atoms with Crippen molar-refractivity contribution < 1.29 is 9.59 Å². The molecule has 2 aromatic carbocycles. The summed E-state index contributed by atoms with van der Waals surface area (Å²) in [5.41, 5.74) is 3.06. The number of hydrogen-bond donors (Lipinski definition) is 2. The third-order valence-electron chi connectivity index (χ3n) is 3.92. The minimum Gasteiger partial charge on any atom is -0.352 e. The van der Waals surface area contributed by atoms with Crippen molar-refractivity contribution in [2.24, 2.45) is 5.92 Å². The average molecular weight is 338 g/mol. The Morgan fingerprint density at radius 1 is 0.800 bits per heavy atom. The molecule has 0 aliphatic carbocycles. The van der Waals surface area contributed by atoms with Crippen LogP contribution in [0.5, 0.6) is 0 Å². The van der Waals surface area contributed by atoms with Crippen molar-refractivity contribution in [3.05, 3.63) is 65.2 Å². The summed E-state index contributed by atoms with van der Waals surface area (Å²) in [4.78, 5) is 24.3. The van der Waals surface area contributed by atoms with Crippen molar-refractivity contribution >= 4 is 17.5 Å². The first kappa shape index (κ1) is 18.7. The monoisotopic (exact) mass is 338 g/mol. The largest absolute Gasteiger partial charge is 0.352 e. The Morgan fingerprint density at radius 2 is 1.32 bits per heavy atom. The lowest BCUT2D eigenvalue weighted by Gasteiger charge is -2.10. The summed E-state index contributed by atoms with van der Waals surface area (Å²) >= 11 is 0. The quantitative estimate of drug-likeness (QED) is 0.817. The highest BCUT2D eigenvalue weighted by Gasteiger charge is 2.10. The first-order valence-corrected chi connectivity index (χ1v) is 8.66. The van der Waals surface area contributed by atoms with Crippen LogP contribution in [0.3, 0.4) is 0 Å². The highest BCUT2D eigenvalue weighted by atomic mass is 16.2. The topological polar surface area (TPSA) is 58.2 Å². The molecule has 25 heavy (non-hydrogen) atoms. The molecule has 0 saturated heterocycles. The summed E-state index contributed by atoms with van der Waals surface area (Å²) in [5, 5.41) is 5.74. The van der Waals surface area contributed by atoms with Gasteiger partial charge in [0.15, 0.2) is 0 Å². The van der Waals surface area contributed by atoms with Crippen LogP contribution in [0.25, 0.3) is 0 Å². The molecule has 132 valence electrons. The lowest BCUT2D eigenvalue weighted by atomic mass is 10.0. The highest BCUT2D eigenvalue weighted by molar-refractivity contribution is 6.05. The van der Waals surface area contributed by atoms with E-state index in [1.54, 1.807) is 24.3 Å². The molecule has 0 aromatic heterocycles. The average Bonchev–Trinajstić information content (AvgIpc) is 2.60. The van der Waals surface area contributed by atoms with Crippen LogP contribution in [0.1, 0.15) is 59.9 Å². The van der Waals surface area contributed by atoms with Crippen molar-refractivity contribution in [1.82, 2.24) is 5.32 Å². The Balaban J connectivity index is 1.99. The molecule has 0 heterocycles. The minimum absolute atomic E-state index is 0.120. The van der Waals surface area contributed by atoms with Crippen LogP contribution in [0.4, 0.5) is 5.69 Å². The van der Waals surface area contributed by atoms with E-state index in [0.717, 1.165) is 5.69 Å². The zero-order chi connectivity index (χ0) is 18.4. The molecule has 0 bridgehead atoms. The third kappa shape index (κ3) is 5.45. The van der Waals surface area contributed by atoms with Gasteiger partial charge in [0.05, 0.1) is 0 Å². The van der Waals surface area contributed by atoms with Crippen LogP contribution in [-0.2, 0) is 0 Å². The molecular formula is C21H26N2O2. The maximum Gasteiger partial charge on any atom is 0.255 e. The molecule has 0 spiro atoms. The summed E-state index contributed by atoms with van der Waals surface area (Å²) in [6.07, 6.45) is 0. The van der Waals surface area contributed by atoms with E-state index < -0.39 is 0 Å². The van der Waals surface area contributed by atoms with Crippen molar-refractivity contribution in [3.8, 4) is 0 Å². The molecule has 0 unspecified atom stereocenters. The molecule has 2 amide bonds. The zero-order valence-electron chi connectivity index (χ0n) is 15.3. The van der Waals surface area contributed by atoms with E-state index in [-0.39, 0.29) is 11.8 Å². The number of anilines is 1. The SMILES string of the molecule is CC(C)CNC(=O)c1ccc(C(=O)Nc2ccc(C(C)C)cc2)cc1. The van der Waals surface area contributed by atoms with Gasteiger partial charge in [-0.2, -0.15) is 0 Å². The third-order valence-corrected chi connectivity index (χ3v) is 3.92. The van der Waals surface area contributed by atoms with E-state index in [1.165, 1.54) is 5.56 Å². The summed E-state index contributed by atoms with van der Waals surface area (Å²) < 4.78 is 0. The summed E-state index contributed by atoms with van der Waals surface area (Å²) in [6, 6.07) is 14.5. The van der Waals surface area contributed by atoms with Crippen LogP contribution in [0.15, 0.2) is 48.5 Å². The molecule has 0 saturated carbocycles. The number of carbonyl (C=O) groups excluding carboxylic acids is 2. The predicted octanol–water partition coefficient (Wildman–Crippen LogP) is 4.45. The number of carbonyl (C=O) groups is 2. The van der Waals surface area contributed by atoms with Crippen LogP contribution in [-0.4, -0.2) is 18.4 Å². The maximum atomic E-state index is 12.3. The zero-order valence-corrected chi connectivity index (χ0v) is 15.3. The number of benzene rings is 2. The molecule has 0 aliphatic rings. The van der Waals surface area contributed by atoms with Gasteiger partial charge in [-0.05, 0) is 53.8 Å². The van der Waals surface area contributed by atoms with E-state index >= 15 is 0 Å². The normalized spacial score (nSPS) is 10.8. The molecule has 2 N–H and O–H groups in total. The Morgan fingerprint density at radius 3 is 1.80 bits per heavy atom. The predicted molar refractivity (Wildman–Crippen MR) is 102 cm³/mol. The molecule has 0 fully saturated rings. The second kappa shape index (κ2) is 8.47. The molecule has 0 aliphatic heterocycles. The van der Waals surface area contributed by atoms with E-state index in [0.29, 0.717) is 29.5 Å². The van der Waals surface area contributed by atoms with Gasteiger partial charge in [0, 0.05) is 23.4 Å². The lowest BCUT2D eigenvalue weighted by Crippen LogP contribution is -2.27. The van der Waals surface area contributed by atoms with Gasteiger partial charge in [0.1, 0.15) is 0 Å². The summed E-state index contributed by atoms with van der Waals surface area (Å²) in [7, 11) is 0. The van der Waals surface area contributed by atoms with Crippen molar-refractivity contribution in [1.29, 1.82) is 0 Å². The second-order valence-electron chi connectivity index (χ2n) is 6.91. The molecule has 4 nitrogen and oxygen atoms in total. The fourth-order valence-electron chi connectivity index (χ4n) is 2.33. The Kier molecular flexibility index (Phi) is 6.34.